The highest BCUT2D eigenvalue weighted by atomic mass is 79.9. The van der Waals surface area contributed by atoms with Crippen molar-refractivity contribution in [1.82, 2.24) is 0 Å². The van der Waals surface area contributed by atoms with Gasteiger partial charge in [0.05, 0.1) is 0 Å². The number of halogens is 1. The molecular weight excluding hydrogens is 300 g/mol. The minimum Gasteiger partial charge on any atom is -0.381 e. The van der Waals surface area contributed by atoms with Crippen molar-refractivity contribution in [3.05, 3.63) is 35.4 Å². The zero-order valence-corrected chi connectivity index (χ0v) is 14.1. The van der Waals surface area contributed by atoms with Crippen LogP contribution < -0.4 is 0 Å². The van der Waals surface area contributed by atoms with Gasteiger partial charge in [-0.25, -0.2) is 0 Å². The Bertz CT molecular complexity index is 332. The summed E-state index contributed by atoms with van der Waals surface area (Å²) in [7, 11) is 0. The largest absolute Gasteiger partial charge is 0.381 e. The van der Waals surface area contributed by atoms with Crippen molar-refractivity contribution in [2.45, 2.75) is 40.0 Å². The Labute approximate surface area is 126 Å². The summed E-state index contributed by atoms with van der Waals surface area (Å²) in [6.07, 6.45) is 3.44. The lowest BCUT2D eigenvalue weighted by atomic mass is 9.98. The predicted molar refractivity (Wildman–Crippen MR) is 87.1 cm³/mol. The molecule has 108 valence electrons. The summed E-state index contributed by atoms with van der Waals surface area (Å²) in [5.41, 5.74) is 2.76. The molecule has 19 heavy (non-hydrogen) atoms. The van der Waals surface area contributed by atoms with E-state index in [1.165, 1.54) is 11.1 Å². The number of ether oxygens (including phenoxy) is 1. The van der Waals surface area contributed by atoms with E-state index >= 15 is 0 Å². The zero-order valence-electron chi connectivity index (χ0n) is 12.5. The van der Waals surface area contributed by atoms with Crippen molar-refractivity contribution < 1.29 is 4.74 Å². The molecule has 0 N–H and O–H groups in total. The first-order chi connectivity index (χ1) is 9.11. The van der Waals surface area contributed by atoms with Crippen molar-refractivity contribution in [3.8, 4) is 0 Å². The molecule has 0 radical (unpaired) electrons. The molecule has 0 aliphatic carbocycles. The van der Waals surface area contributed by atoms with Gasteiger partial charge in [-0.15, -0.1) is 0 Å². The van der Waals surface area contributed by atoms with Gasteiger partial charge in [-0.05, 0) is 43.6 Å². The van der Waals surface area contributed by atoms with Gasteiger partial charge in [0.15, 0.2) is 0 Å². The Kier molecular flexibility index (Phi) is 8.40. The van der Waals surface area contributed by atoms with Crippen molar-refractivity contribution in [2.75, 3.05) is 18.5 Å². The van der Waals surface area contributed by atoms with Gasteiger partial charge in [-0.3, -0.25) is 0 Å². The SMILES string of the molecule is Cc1ccc(CC(CBr)CCOCCC(C)C)cc1. The van der Waals surface area contributed by atoms with E-state index in [-0.39, 0.29) is 0 Å². The number of aryl methyl sites for hydroxylation is 1. The Hall–Kier alpha value is -0.340. The summed E-state index contributed by atoms with van der Waals surface area (Å²) in [5, 5.41) is 1.05. The lowest BCUT2D eigenvalue weighted by Crippen LogP contribution is -2.11. The molecule has 1 rings (SSSR count). The first-order valence-electron chi connectivity index (χ1n) is 7.31. The van der Waals surface area contributed by atoms with E-state index in [2.05, 4.69) is 61.0 Å². The first kappa shape index (κ1) is 16.7. The van der Waals surface area contributed by atoms with Gasteiger partial charge in [0.2, 0.25) is 0 Å². The maximum atomic E-state index is 5.71. The molecule has 1 aromatic rings. The molecule has 1 atom stereocenters. The highest BCUT2D eigenvalue weighted by Crippen LogP contribution is 2.16. The molecule has 0 heterocycles. The van der Waals surface area contributed by atoms with Gasteiger partial charge in [-0.1, -0.05) is 59.6 Å². The molecule has 0 aromatic heterocycles. The predicted octanol–water partition coefficient (Wildman–Crippen LogP) is 5.00. The van der Waals surface area contributed by atoms with Gasteiger partial charge in [-0.2, -0.15) is 0 Å². The van der Waals surface area contributed by atoms with E-state index in [1.54, 1.807) is 0 Å². The van der Waals surface area contributed by atoms with Crippen LogP contribution in [0.25, 0.3) is 0 Å². The third-order valence-corrected chi connectivity index (χ3v) is 4.29. The smallest absolute Gasteiger partial charge is 0.0469 e. The molecule has 0 bridgehead atoms. The van der Waals surface area contributed by atoms with E-state index < -0.39 is 0 Å². The molecule has 0 saturated heterocycles. The second-order valence-electron chi connectivity index (χ2n) is 5.79. The Morgan fingerprint density at radius 2 is 1.68 bits per heavy atom. The molecule has 2 heteroatoms. The van der Waals surface area contributed by atoms with Crippen molar-refractivity contribution in [2.24, 2.45) is 11.8 Å². The molecule has 0 amide bonds. The van der Waals surface area contributed by atoms with Gasteiger partial charge in [0, 0.05) is 18.5 Å². The molecule has 1 aromatic carbocycles. The lowest BCUT2D eigenvalue weighted by Gasteiger charge is -2.15. The minimum absolute atomic E-state index is 0.668. The summed E-state index contributed by atoms with van der Waals surface area (Å²) < 4.78 is 5.71. The van der Waals surface area contributed by atoms with E-state index in [0.717, 1.165) is 43.7 Å². The zero-order chi connectivity index (χ0) is 14.1. The molecule has 0 fully saturated rings. The Morgan fingerprint density at radius 3 is 2.26 bits per heavy atom. The van der Waals surface area contributed by atoms with Crippen LogP contribution in [0, 0.1) is 18.8 Å². The number of hydrogen-bond donors (Lipinski definition) is 0. The van der Waals surface area contributed by atoms with Gasteiger partial charge in [0.25, 0.3) is 0 Å². The lowest BCUT2D eigenvalue weighted by molar-refractivity contribution is 0.113. The summed E-state index contributed by atoms with van der Waals surface area (Å²) in [5.74, 6) is 1.40. The van der Waals surface area contributed by atoms with Crippen LogP contribution in [-0.4, -0.2) is 18.5 Å². The normalized spacial score (nSPS) is 12.9. The quantitative estimate of drug-likeness (QED) is 0.458. The molecule has 0 saturated carbocycles. The summed E-state index contributed by atoms with van der Waals surface area (Å²) in [6.45, 7) is 8.39. The highest BCUT2D eigenvalue weighted by Gasteiger charge is 2.08. The Morgan fingerprint density at radius 1 is 1.05 bits per heavy atom. The first-order valence-corrected chi connectivity index (χ1v) is 8.43. The monoisotopic (exact) mass is 326 g/mol. The summed E-state index contributed by atoms with van der Waals surface area (Å²) in [4.78, 5) is 0. The average molecular weight is 327 g/mol. The molecule has 1 nitrogen and oxygen atoms in total. The highest BCUT2D eigenvalue weighted by molar-refractivity contribution is 9.09. The molecule has 0 spiro atoms. The van der Waals surface area contributed by atoms with Crippen molar-refractivity contribution in [1.29, 1.82) is 0 Å². The van der Waals surface area contributed by atoms with Crippen LogP contribution >= 0.6 is 15.9 Å². The van der Waals surface area contributed by atoms with Gasteiger partial charge < -0.3 is 4.74 Å². The van der Waals surface area contributed by atoms with Crippen molar-refractivity contribution in [3.63, 3.8) is 0 Å². The van der Waals surface area contributed by atoms with E-state index in [9.17, 15) is 0 Å². The molecule has 1 unspecified atom stereocenters. The van der Waals surface area contributed by atoms with Gasteiger partial charge >= 0.3 is 0 Å². The molecule has 0 aliphatic heterocycles. The number of rotatable bonds is 9. The van der Waals surface area contributed by atoms with Crippen LogP contribution in [0.5, 0.6) is 0 Å². The van der Waals surface area contributed by atoms with Crippen LogP contribution in [0.1, 0.15) is 37.8 Å². The van der Waals surface area contributed by atoms with Crippen LogP contribution in [0.3, 0.4) is 0 Å². The Balaban J connectivity index is 2.24. The average Bonchev–Trinajstić information content (AvgIpc) is 2.39. The van der Waals surface area contributed by atoms with E-state index in [4.69, 9.17) is 4.74 Å². The molecule has 0 aliphatic rings. The second kappa shape index (κ2) is 9.55. The standard InChI is InChI=1S/C17H27BrO/c1-14(2)8-10-19-11-9-17(13-18)12-16-6-4-15(3)5-7-16/h4-7,14,17H,8-13H2,1-3H3. The van der Waals surface area contributed by atoms with Crippen LogP contribution in [0.15, 0.2) is 24.3 Å². The number of alkyl halides is 1. The van der Waals surface area contributed by atoms with Crippen LogP contribution in [0.4, 0.5) is 0 Å². The summed E-state index contributed by atoms with van der Waals surface area (Å²) >= 11 is 3.62. The number of hydrogen-bond acceptors (Lipinski definition) is 1. The maximum absolute atomic E-state index is 5.71. The van der Waals surface area contributed by atoms with Crippen LogP contribution in [-0.2, 0) is 11.2 Å². The fourth-order valence-corrected chi connectivity index (χ4v) is 2.52. The third kappa shape index (κ3) is 7.74. The summed E-state index contributed by atoms with van der Waals surface area (Å²) in [6, 6.07) is 8.87. The van der Waals surface area contributed by atoms with E-state index in [1.807, 2.05) is 0 Å². The number of benzene rings is 1. The fraction of sp³-hybridized carbons (Fsp3) is 0.647. The third-order valence-electron chi connectivity index (χ3n) is 3.37. The van der Waals surface area contributed by atoms with E-state index in [0.29, 0.717) is 5.92 Å². The topological polar surface area (TPSA) is 9.23 Å². The van der Waals surface area contributed by atoms with Crippen LogP contribution in [0.2, 0.25) is 0 Å². The van der Waals surface area contributed by atoms with Gasteiger partial charge in [0.1, 0.15) is 0 Å². The minimum atomic E-state index is 0.668. The van der Waals surface area contributed by atoms with Crippen molar-refractivity contribution >= 4 is 15.9 Å². The maximum Gasteiger partial charge on any atom is 0.0469 e. The fourth-order valence-electron chi connectivity index (χ4n) is 1.96. The second-order valence-corrected chi connectivity index (χ2v) is 6.44. The molecular formula is C17H27BrO.